The fourth-order valence-electron chi connectivity index (χ4n) is 2.78. The molecule has 1 amide bonds. The molecule has 0 spiro atoms. The number of carbonyl (C=O) groups excluding carboxylic acids is 1. The number of hydrogen-bond donors (Lipinski definition) is 3. The molecule has 1 unspecified atom stereocenters. The summed E-state index contributed by atoms with van der Waals surface area (Å²) >= 11 is 0. The van der Waals surface area contributed by atoms with E-state index in [1.807, 2.05) is 6.92 Å². The Labute approximate surface area is 114 Å². The maximum absolute atomic E-state index is 12.3. The van der Waals surface area contributed by atoms with Gasteiger partial charge in [-0.05, 0) is 18.8 Å². The Kier molecular flexibility index (Phi) is 6.28. The van der Waals surface area contributed by atoms with Crippen LogP contribution in [0.15, 0.2) is 0 Å². The van der Waals surface area contributed by atoms with Crippen molar-refractivity contribution in [2.24, 2.45) is 17.1 Å². The second-order valence-corrected chi connectivity index (χ2v) is 5.63. The quantitative estimate of drug-likeness (QED) is 0.654. The van der Waals surface area contributed by atoms with Crippen LogP contribution >= 0.6 is 0 Å². The molecule has 0 bridgehead atoms. The van der Waals surface area contributed by atoms with Crippen molar-refractivity contribution in [3.8, 4) is 0 Å². The number of carbonyl (C=O) groups is 2. The van der Waals surface area contributed by atoms with Crippen LogP contribution in [0.5, 0.6) is 0 Å². The van der Waals surface area contributed by atoms with E-state index >= 15 is 0 Å². The molecule has 1 aliphatic rings. The summed E-state index contributed by atoms with van der Waals surface area (Å²) in [6, 6.07) is 0. The number of nitrogens with one attached hydrogen (secondary N) is 1. The Balaban J connectivity index is 2.50. The van der Waals surface area contributed by atoms with Crippen molar-refractivity contribution in [1.82, 2.24) is 5.32 Å². The highest BCUT2D eigenvalue weighted by atomic mass is 16.4. The third kappa shape index (κ3) is 4.49. The molecule has 110 valence electrons. The average molecular weight is 270 g/mol. The summed E-state index contributed by atoms with van der Waals surface area (Å²) in [6.07, 6.45) is 5.84. The maximum atomic E-state index is 12.3. The van der Waals surface area contributed by atoms with Crippen molar-refractivity contribution < 1.29 is 14.7 Å². The van der Waals surface area contributed by atoms with Gasteiger partial charge in [0, 0.05) is 19.5 Å². The number of nitrogens with two attached hydrogens (primary N) is 1. The first-order valence-electron chi connectivity index (χ1n) is 7.24. The number of carboxylic acid groups (broad SMARTS) is 1. The molecule has 0 aliphatic heterocycles. The first-order chi connectivity index (χ1) is 9.04. The molecule has 1 aliphatic carbocycles. The van der Waals surface area contributed by atoms with E-state index in [2.05, 4.69) is 5.32 Å². The van der Waals surface area contributed by atoms with Crippen molar-refractivity contribution >= 4 is 11.9 Å². The zero-order chi connectivity index (χ0) is 14.3. The van der Waals surface area contributed by atoms with E-state index in [1.54, 1.807) is 0 Å². The first kappa shape index (κ1) is 16.0. The van der Waals surface area contributed by atoms with Crippen molar-refractivity contribution in [1.29, 1.82) is 0 Å². The predicted octanol–water partition coefficient (Wildman–Crippen LogP) is 1.51. The molecule has 1 rings (SSSR count). The Bertz CT molecular complexity index is 312. The van der Waals surface area contributed by atoms with E-state index in [4.69, 9.17) is 10.8 Å². The summed E-state index contributed by atoms with van der Waals surface area (Å²) in [4.78, 5) is 23.0. The molecular formula is C14H26N2O3. The van der Waals surface area contributed by atoms with Gasteiger partial charge in [0.15, 0.2) is 0 Å². The Morgan fingerprint density at radius 2 is 1.95 bits per heavy atom. The summed E-state index contributed by atoms with van der Waals surface area (Å²) in [5.41, 5.74) is 5.39. The van der Waals surface area contributed by atoms with Crippen LogP contribution in [0.25, 0.3) is 0 Å². The standard InChI is InChI=1S/C14H26N2O3/c1-2-11(8-12(17)18)9-16-13(19)14(10-15)6-4-3-5-7-14/h11H,2-10,15H2,1H3,(H,16,19)(H,17,18). The number of hydrogen-bond acceptors (Lipinski definition) is 3. The maximum Gasteiger partial charge on any atom is 0.303 e. The van der Waals surface area contributed by atoms with Crippen molar-refractivity contribution in [3.63, 3.8) is 0 Å². The molecule has 0 saturated heterocycles. The number of amides is 1. The van der Waals surface area contributed by atoms with E-state index in [-0.39, 0.29) is 18.2 Å². The van der Waals surface area contributed by atoms with Crippen LogP contribution in [0.1, 0.15) is 51.9 Å². The minimum Gasteiger partial charge on any atom is -0.481 e. The topological polar surface area (TPSA) is 92.4 Å². The van der Waals surface area contributed by atoms with Crippen molar-refractivity contribution in [3.05, 3.63) is 0 Å². The normalized spacial score (nSPS) is 19.7. The highest BCUT2D eigenvalue weighted by Crippen LogP contribution is 2.35. The molecule has 5 nitrogen and oxygen atoms in total. The molecule has 0 aromatic carbocycles. The second kappa shape index (κ2) is 7.48. The van der Waals surface area contributed by atoms with E-state index in [0.717, 1.165) is 32.1 Å². The van der Waals surface area contributed by atoms with E-state index in [1.165, 1.54) is 6.42 Å². The van der Waals surface area contributed by atoms with Gasteiger partial charge in [0.25, 0.3) is 0 Å². The summed E-state index contributed by atoms with van der Waals surface area (Å²) in [5.74, 6) is -0.800. The summed E-state index contributed by atoms with van der Waals surface area (Å²) < 4.78 is 0. The summed E-state index contributed by atoms with van der Waals surface area (Å²) in [5, 5.41) is 11.7. The molecule has 4 N–H and O–H groups in total. The average Bonchev–Trinajstić information content (AvgIpc) is 2.43. The Morgan fingerprint density at radius 1 is 1.32 bits per heavy atom. The van der Waals surface area contributed by atoms with Crippen molar-refractivity contribution in [2.75, 3.05) is 13.1 Å². The van der Waals surface area contributed by atoms with Gasteiger partial charge < -0.3 is 16.2 Å². The Hall–Kier alpha value is -1.10. The lowest BCUT2D eigenvalue weighted by Gasteiger charge is -2.35. The lowest BCUT2D eigenvalue weighted by Crippen LogP contribution is -2.48. The highest BCUT2D eigenvalue weighted by Gasteiger charge is 2.38. The zero-order valence-electron chi connectivity index (χ0n) is 11.8. The largest absolute Gasteiger partial charge is 0.481 e. The van der Waals surface area contributed by atoms with Crippen LogP contribution in [-0.2, 0) is 9.59 Å². The van der Waals surface area contributed by atoms with Crippen molar-refractivity contribution in [2.45, 2.75) is 51.9 Å². The van der Waals surface area contributed by atoms with Gasteiger partial charge in [0.1, 0.15) is 0 Å². The predicted molar refractivity (Wildman–Crippen MR) is 73.6 cm³/mol. The van der Waals surface area contributed by atoms with E-state index in [0.29, 0.717) is 13.1 Å². The van der Waals surface area contributed by atoms with Crippen LogP contribution < -0.4 is 11.1 Å². The smallest absolute Gasteiger partial charge is 0.303 e. The molecule has 1 saturated carbocycles. The zero-order valence-corrected chi connectivity index (χ0v) is 11.8. The van der Waals surface area contributed by atoms with Gasteiger partial charge in [-0.3, -0.25) is 9.59 Å². The number of rotatable bonds is 7. The van der Waals surface area contributed by atoms with E-state index < -0.39 is 11.4 Å². The van der Waals surface area contributed by atoms with Gasteiger partial charge in [-0.25, -0.2) is 0 Å². The molecule has 0 radical (unpaired) electrons. The molecular weight excluding hydrogens is 244 g/mol. The monoisotopic (exact) mass is 270 g/mol. The van der Waals surface area contributed by atoms with Crippen LogP contribution in [0, 0.1) is 11.3 Å². The fraction of sp³-hybridized carbons (Fsp3) is 0.857. The summed E-state index contributed by atoms with van der Waals surface area (Å²) in [6.45, 7) is 2.76. The Morgan fingerprint density at radius 3 is 2.42 bits per heavy atom. The summed E-state index contributed by atoms with van der Waals surface area (Å²) in [7, 11) is 0. The third-order valence-corrected chi connectivity index (χ3v) is 4.28. The van der Waals surface area contributed by atoms with Gasteiger partial charge in [-0.15, -0.1) is 0 Å². The molecule has 1 atom stereocenters. The molecule has 19 heavy (non-hydrogen) atoms. The molecule has 0 aromatic heterocycles. The first-order valence-corrected chi connectivity index (χ1v) is 7.24. The van der Waals surface area contributed by atoms with Gasteiger partial charge in [0.05, 0.1) is 5.41 Å². The van der Waals surface area contributed by atoms with Gasteiger partial charge >= 0.3 is 5.97 Å². The lowest BCUT2D eigenvalue weighted by molar-refractivity contribution is -0.139. The molecule has 0 aromatic rings. The third-order valence-electron chi connectivity index (χ3n) is 4.28. The SMILES string of the molecule is CCC(CNC(=O)C1(CN)CCCCC1)CC(=O)O. The van der Waals surface area contributed by atoms with Gasteiger partial charge in [-0.1, -0.05) is 32.6 Å². The molecule has 1 fully saturated rings. The van der Waals surface area contributed by atoms with Crippen LogP contribution in [-0.4, -0.2) is 30.1 Å². The second-order valence-electron chi connectivity index (χ2n) is 5.63. The van der Waals surface area contributed by atoms with Gasteiger partial charge in [0.2, 0.25) is 5.91 Å². The number of carboxylic acids is 1. The molecule has 0 heterocycles. The molecule has 5 heteroatoms. The van der Waals surface area contributed by atoms with Crippen LogP contribution in [0.3, 0.4) is 0 Å². The minimum atomic E-state index is -0.813. The highest BCUT2D eigenvalue weighted by molar-refractivity contribution is 5.83. The van der Waals surface area contributed by atoms with Crippen LogP contribution in [0.4, 0.5) is 0 Å². The number of aliphatic carboxylic acids is 1. The lowest BCUT2D eigenvalue weighted by atomic mass is 9.73. The van der Waals surface area contributed by atoms with E-state index in [9.17, 15) is 9.59 Å². The fourth-order valence-corrected chi connectivity index (χ4v) is 2.78. The van der Waals surface area contributed by atoms with Gasteiger partial charge in [-0.2, -0.15) is 0 Å². The minimum absolute atomic E-state index is 0.000125. The van der Waals surface area contributed by atoms with Crippen LogP contribution in [0.2, 0.25) is 0 Å².